The number of halogens is 1. The number of rotatable bonds is 2. The van der Waals surface area contributed by atoms with Crippen molar-refractivity contribution in [3.8, 4) is 22.6 Å². The molecular formula is C17H16FO2. The Morgan fingerprint density at radius 3 is 2.80 bits per heavy atom. The zero-order valence-electron chi connectivity index (χ0n) is 11.6. The molecule has 1 aliphatic rings. The summed E-state index contributed by atoms with van der Waals surface area (Å²) in [6, 6.07) is 8.80. The minimum atomic E-state index is -0.251. The normalized spacial score (nSPS) is 16.7. The molecule has 0 spiro atoms. The molecule has 3 heteroatoms. The average molecular weight is 271 g/mol. The quantitative estimate of drug-likeness (QED) is 0.823. The summed E-state index contributed by atoms with van der Waals surface area (Å²) in [4.78, 5) is 0. The van der Waals surface area contributed by atoms with E-state index in [1.54, 1.807) is 7.11 Å². The molecule has 0 aliphatic carbocycles. The highest BCUT2D eigenvalue weighted by Gasteiger charge is 2.24. The minimum Gasteiger partial charge on any atom is -0.497 e. The van der Waals surface area contributed by atoms with E-state index in [9.17, 15) is 4.39 Å². The van der Waals surface area contributed by atoms with E-state index in [1.807, 2.05) is 25.1 Å². The summed E-state index contributed by atoms with van der Waals surface area (Å²) >= 11 is 0. The molecule has 1 radical (unpaired) electrons. The van der Waals surface area contributed by atoms with Gasteiger partial charge in [0, 0.05) is 17.5 Å². The molecule has 1 heterocycles. The average Bonchev–Trinajstić information content (AvgIpc) is 2.78. The van der Waals surface area contributed by atoms with Crippen molar-refractivity contribution in [3.63, 3.8) is 0 Å². The predicted molar refractivity (Wildman–Crippen MR) is 76.6 cm³/mol. The highest BCUT2D eigenvalue weighted by molar-refractivity contribution is 5.76. The van der Waals surface area contributed by atoms with Crippen LogP contribution in [0.1, 0.15) is 11.1 Å². The Labute approximate surface area is 118 Å². The van der Waals surface area contributed by atoms with Crippen LogP contribution < -0.4 is 9.47 Å². The highest BCUT2D eigenvalue weighted by atomic mass is 19.1. The molecule has 0 fully saturated rings. The van der Waals surface area contributed by atoms with E-state index in [-0.39, 0.29) is 11.9 Å². The first kappa shape index (κ1) is 13.0. The summed E-state index contributed by atoms with van der Waals surface area (Å²) in [6.07, 6.45) is 0.486. The maximum Gasteiger partial charge on any atom is 0.131 e. The van der Waals surface area contributed by atoms with Gasteiger partial charge in [0.1, 0.15) is 23.4 Å². The number of benzene rings is 2. The summed E-state index contributed by atoms with van der Waals surface area (Å²) in [5.41, 5.74) is 3.62. The first-order valence-corrected chi connectivity index (χ1v) is 6.55. The van der Waals surface area contributed by atoms with Crippen molar-refractivity contribution in [1.82, 2.24) is 0 Å². The number of hydrogen-bond donors (Lipinski definition) is 0. The lowest BCUT2D eigenvalue weighted by atomic mass is 9.96. The number of aryl methyl sites for hydroxylation is 1. The van der Waals surface area contributed by atoms with Crippen molar-refractivity contribution >= 4 is 0 Å². The number of fused-ring (bicyclic) bond motifs is 1. The fourth-order valence-corrected chi connectivity index (χ4v) is 2.61. The Bertz CT molecular complexity index is 664. The molecule has 2 aromatic carbocycles. The molecule has 103 valence electrons. The van der Waals surface area contributed by atoms with E-state index in [1.165, 1.54) is 12.1 Å². The van der Waals surface area contributed by atoms with Gasteiger partial charge in [-0.2, -0.15) is 0 Å². The molecule has 20 heavy (non-hydrogen) atoms. The monoisotopic (exact) mass is 271 g/mol. The number of ether oxygens (including phenoxy) is 2. The Hall–Kier alpha value is -2.03. The van der Waals surface area contributed by atoms with E-state index < -0.39 is 0 Å². The second kappa shape index (κ2) is 4.82. The first-order valence-electron chi connectivity index (χ1n) is 6.55. The van der Waals surface area contributed by atoms with Crippen LogP contribution in [-0.4, -0.2) is 13.2 Å². The Balaban J connectivity index is 2.21. The van der Waals surface area contributed by atoms with E-state index in [0.717, 1.165) is 33.8 Å². The molecule has 0 amide bonds. The van der Waals surface area contributed by atoms with Crippen molar-refractivity contribution in [3.05, 3.63) is 54.2 Å². The van der Waals surface area contributed by atoms with Crippen LogP contribution in [0.4, 0.5) is 4.39 Å². The smallest absolute Gasteiger partial charge is 0.131 e. The summed E-state index contributed by atoms with van der Waals surface area (Å²) in [7, 11) is 1.62. The third kappa shape index (κ3) is 2.13. The molecule has 0 aromatic heterocycles. The second-order valence-electron chi connectivity index (χ2n) is 5.07. The fourth-order valence-electron chi connectivity index (χ4n) is 2.61. The molecule has 0 saturated carbocycles. The van der Waals surface area contributed by atoms with Gasteiger partial charge < -0.3 is 9.47 Å². The number of hydrogen-bond acceptors (Lipinski definition) is 2. The zero-order chi connectivity index (χ0) is 14.3. The van der Waals surface area contributed by atoms with E-state index >= 15 is 0 Å². The molecule has 1 aliphatic heterocycles. The van der Waals surface area contributed by atoms with Crippen LogP contribution in [0, 0.1) is 19.7 Å². The Kier molecular flexibility index (Phi) is 3.13. The van der Waals surface area contributed by atoms with E-state index in [0.29, 0.717) is 6.42 Å². The summed E-state index contributed by atoms with van der Waals surface area (Å²) in [5.74, 6) is 1.23. The molecule has 0 N–H and O–H groups in total. The molecule has 0 bridgehead atoms. The van der Waals surface area contributed by atoms with Gasteiger partial charge in [-0.3, -0.25) is 0 Å². The van der Waals surface area contributed by atoms with Gasteiger partial charge in [-0.1, -0.05) is 6.07 Å². The largest absolute Gasteiger partial charge is 0.497 e. The molecular weight excluding hydrogens is 255 g/mol. The number of methoxy groups -OCH3 is 1. The third-order valence-electron chi connectivity index (χ3n) is 3.60. The van der Waals surface area contributed by atoms with Crippen LogP contribution in [-0.2, 0) is 6.42 Å². The van der Waals surface area contributed by atoms with E-state index in [2.05, 4.69) is 6.92 Å². The topological polar surface area (TPSA) is 18.5 Å². The molecule has 2 aromatic rings. The summed E-state index contributed by atoms with van der Waals surface area (Å²) in [6.45, 7) is 5.89. The summed E-state index contributed by atoms with van der Waals surface area (Å²) < 4.78 is 24.9. The van der Waals surface area contributed by atoms with Crippen LogP contribution in [0.25, 0.3) is 11.1 Å². The first-order chi connectivity index (χ1) is 9.58. The van der Waals surface area contributed by atoms with Crippen LogP contribution in [0.3, 0.4) is 0 Å². The lowest BCUT2D eigenvalue weighted by molar-refractivity contribution is 0.282. The van der Waals surface area contributed by atoms with Crippen molar-refractivity contribution in [2.24, 2.45) is 0 Å². The summed E-state index contributed by atoms with van der Waals surface area (Å²) in [5, 5.41) is 0. The molecule has 0 unspecified atom stereocenters. The van der Waals surface area contributed by atoms with Gasteiger partial charge in [0.2, 0.25) is 0 Å². The lowest BCUT2D eigenvalue weighted by Gasteiger charge is -2.13. The SMILES string of the molecule is [CH2][C@@H]1Cc2cc(F)cc(-c3cc(OC)ccc3C)c2O1. The maximum atomic E-state index is 13.8. The Morgan fingerprint density at radius 2 is 2.05 bits per heavy atom. The predicted octanol–water partition coefficient (Wildman–Crippen LogP) is 3.95. The van der Waals surface area contributed by atoms with Gasteiger partial charge in [0.25, 0.3) is 0 Å². The minimum absolute atomic E-state index is 0.156. The van der Waals surface area contributed by atoms with Gasteiger partial charge in [-0.15, -0.1) is 0 Å². The molecule has 1 atom stereocenters. The van der Waals surface area contributed by atoms with E-state index in [4.69, 9.17) is 9.47 Å². The van der Waals surface area contributed by atoms with Crippen molar-refractivity contribution in [1.29, 1.82) is 0 Å². The van der Waals surface area contributed by atoms with Crippen molar-refractivity contribution in [2.45, 2.75) is 19.4 Å². The van der Waals surface area contributed by atoms with Crippen molar-refractivity contribution in [2.75, 3.05) is 7.11 Å². The van der Waals surface area contributed by atoms with Crippen LogP contribution in [0.2, 0.25) is 0 Å². The maximum absolute atomic E-state index is 13.8. The Morgan fingerprint density at radius 1 is 1.25 bits per heavy atom. The van der Waals surface area contributed by atoms with Crippen LogP contribution >= 0.6 is 0 Å². The van der Waals surface area contributed by atoms with Crippen LogP contribution in [0.5, 0.6) is 11.5 Å². The third-order valence-corrected chi connectivity index (χ3v) is 3.60. The standard InChI is InChI=1S/C17H16FO2/c1-10-4-5-14(19-3)9-15(10)16-8-13(18)7-12-6-11(2)20-17(12)16/h4-5,7-9,11H,2,6H2,1,3H3/t11-/m1/s1. The highest BCUT2D eigenvalue weighted by Crippen LogP contribution is 2.41. The van der Waals surface area contributed by atoms with Gasteiger partial charge in [-0.25, -0.2) is 4.39 Å². The van der Waals surface area contributed by atoms with Gasteiger partial charge in [-0.05, 0) is 49.2 Å². The van der Waals surface area contributed by atoms with Gasteiger partial charge in [0.05, 0.1) is 7.11 Å². The molecule has 3 rings (SSSR count). The van der Waals surface area contributed by atoms with Gasteiger partial charge in [0.15, 0.2) is 0 Å². The fraction of sp³-hybridized carbons (Fsp3) is 0.235. The van der Waals surface area contributed by atoms with Crippen LogP contribution in [0.15, 0.2) is 30.3 Å². The molecule has 0 saturated heterocycles. The van der Waals surface area contributed by atoms with Gasteiger partial charge >= 0.3 is 0 Å². The zero-order valence-corrected chi connectivity index (χ0v) is 11.6. The molecule has 2 nitrogen and oxygen atoms in total. The van der Waals surface area contributed by atoms with Crippen molar-refractivity contribution < 1.29 is 13.9 Å². The lowest BCUT2D eigenvalue weighted by Crippen LogP contribution is -2.06. The second-order valence-corrected chi connectivity index (χ2v) is 5.07.